The topological polar surface area (TPSA) is 26.0 Å². The zero-order valence-electron chi connectivity index (χ0n) is 12.5. The fourth-order valence-electron chi connectivity index (χ4n) is 3.41. The summed E-state index contributed by atoms with van der Waals surface area (Å²) in [4.78, 5) is 0. The van der Waals surface area contributed by atoms with Crippen LogP contribution in [0, 0.1) is 11.8 Å². The summed E-state index contributed by atoms with van der Waals surface area (Å²) >= 11 is 0. The van der Waals surface area contributed by atoms with Gasteiger partial charge in [-0.15, -0.1) is 0 Å². The van der Waals surface area contributed by atoms with Crippen molar-refractivity contribution >= 4 is 0 Å². The molecular formula is C17H24F3N. The molecule has 2 rings (SSSR count). The molecule has 118 valence electrons. The molecule has 0 aliphatic heterocycles. The Morgan fingerprint density at radius 3 is 2.71 bits per heavy atom. The molecule has 3 atom stereocenters. The summed E-state index contributed by atoms with van der Waals surface area (Å²) in [6, 6.07) is 5.53. The van der Waals surface area contributed by atoms with Crippen molar-refractivity contribution in [1.82, 2.24) is 0 Å². The molecule has 0 bridgehead atoms. The third-order valence-electron chi connectivity index (χ3n) is 4.73. The van der Waals surface area contributed by atoms with Gasteiger partial charge in [0, 0.05) is 6.04 Å². The highest BCUT2D eigenvalue weighted by Gasteiger charge is 2.31. The number of hydrogen-bond donors (Lipinski definition) is 1. The minimum atomic E-state index is -4.28. The second-order valence-corrected chi connectivity index (χ2v) is 6.27. The maximum atomic E-state index is 12.7. The van der Waals surface area contributed by atoms with Gasteiger partial charge in [-0.25, -0.2) is 0 Å². The van der Waals surface area contributed by atoms with Crippen molar-refractivity contribution in [3.8, 4) is 0 Å². The molecule has 1 aliphatic carbocycles. The lowest BCUT2D eigenvalue weighted by Crippen LogP contribution is -2.35. The highest BCUT2D eigenvalue weighted by molar-refractivity contribution is 5.26. The molecule has 0 amide bonds. The second kappa shape index (κ2) is 6.82. The normalized spacial score (nSPS) is 24.8. The molecule has 0 saturated heterocycles. The molecule has 1 aromatic carbocycles. The van der Waals surface area contributed by atoms with Crippen molar-refractivity contribution in [3.63, 3.8) is 0 Å². The van der Waals surface area contributed by atoms with E-state index >= 15 is 0 Å². The first-order chi connectivity index (χ1) is 9.90. The monoisotopic (exact) mass is 299 g/mol. The van der Waals surface area contributed by atoms with Gasteiger partial charge in [-0.3, -0.25) is 0 Å². The fourth-order valence-corrected chi connectivity index (χ4v) is 3.41. The van der Waals surface area contributed by atoms with E-state index in [0.29, 0.717) is 17.9 Å². The van der Waals surface area contributed by atoms with Gasteiger partial charge < -0.3 is 5.73 Å². The van der Waals surface area contributed by atoms with Crippen LogP contribution in [0.2, 0.25) is 0 Å². The molecule has 1 fully saturated rings. The van der Waals surface area contributed by atoms with E-state index in [1.54, 1.807) is 6.07 Å². The van der Waals surface area contributed by atoms with Gasteiger partial charge >= 0.3 is 6.18 Å². The summed E-state index contributed by atoms with van der Waals surface area (Å²) in [6.07, 6.45) is 2.12. The Bertz CT molecular complexity index is 456. The fraction of sp³-hybridized carbons (Fsp3) is 0.647. The van der Waals surface area contributed by atoms with E-state index in [2.05, 4.69) is 6.92 Å². The Balaban J connectivity index is 2.00. The van der Waals surface area contributed by atoms with Gasteiger partial charge in [-0.05, 0) is 42.7 Å². The zero-order valence-corrected chi connectivity index (χ0v) is 12.5. The molecule has 1 aliphatic rings. The third-order valence-corrected chi connectivity index (χ3v) is 4.73. The van der Waals surface area contributed by atoms with Crippen molar-refractivity contribution < 1.29 is 13.2 Å². The molecule has 0 heterocycles. The highest BCUT2D eigenvalue weighted by Crippen LogP contribution is 2.34. The maximum absolute atomic E-state index is 12.7. The average molecular weight is 299 g/mol. The van der Waals surface area contributed by atoms with Crippen LogP contribution in [0.15, 0.2) is 24.3 Å². The van der Waals surface area contributed by atoms with E-state index in [0.717, 1.165) is 24.8 Å². The van der Waals surface area contributed by atoms with Crippen molar-refractivity contribution in [3.05, 3.63) is 35.4 Å². The van der Waals surface area contributed by atoms with Crippen molar-refractivity contribution in [2.75, 3.05) is 0 Å². The first kappa shape index (κ1) is 16.3. The Kier molecular flexibility index (Phi) is 5.31. The lowest BCUT2D eigenvalue weighted by molar-refractivity contribution is -0.137. The predicted molar refractivity (Wildman–Crippen MR) is 78.9 cm³/mol. The molecule has 21 heavy (non-hydrogen) atoms. The molecule has 0 aromatic heterocycles. The van der Waals surface area contributed by atoms with Crippen LogP contribution in [0.1, 0.15) is 50.2 Å². The van der Waals surface area contributed by atoms with E-state index in [4.69, 9.17) is 5.73 Å². The Hall–Kier alpha value is -1.03. The molecule has 1 aromatic rings. The summed E-state index contributed by atoms with van der Waals surface area (Å²) in [7, 11) is 0. The van der Waals surface area contributed by atoms with Crippen LogP contribution in [0.3, 0.4) is 0 Å². The quantitative estimate of drug-likeness (QED) is 0.849. The number of benzene rings is 1. The lowest BCUT2D eigenvalue weighted by Gasteiger charge is -2.32. The summed E-state index contributed by atoms with van der Waals surface area (Å²) in [5.74, 6) is 1.18. The van der Waals surface area contributed by atoms with Crippen LogP contribution in [0.25, 0.3) is 0 Å². The number of alkyl halides is 3. The smallest absolute Gasteiger partial charge is 0.327 e. The minimum absolute atomic E-state index is 0.0390. The molecule has 1 saturated carbocycles. The molecule has 3 unspecified atom stereocenters. The minimum Gasteiger partial charge on any atom is -0.327 e. The van der Waals surface area contributed by atoms with Crippen LogP contribution >= 0.6 is 0 Å². The Labute approximate surface area is 124 Å². The lowest BCUT2D eigenvalue weighted by atomic mass is 9.76. The van der Waals surface area contributed by atoms with Crippen LogP contribution in [0.4, 0.5) is 13.2 Å². The number of nitrogens with two attached hydrogens (primary N) is 1. The van der Waals surface area contributed by atoms with Gasteiger partial charge in [0.2, 0.25) is 0 Å². The zero-order chi connectivity index (χ0) is 15.5. The van der Waals surface area contributed by atoms with E-state index < -0.39 is 11.7 Å². The van der Waals surface area contributed by atoms with Crippen LogP contribution in [0.5, 0.6) is 0 Å². The average Bonchev–Trinajstić information content (AvgIpc) is 2.46. The second-order valence-electron chi connectivity index (χ2n) is 6.27. The maximum Gasteiger partial charge on any atom is 0.416 e. The Morgan fingerprint density at radius 1 is 1.29 bits per heavy atom. The molecule has 0 radical (unpaired) electrons. The first-order valence-corrected chi connectivity index (χ1v) is 7.82. The predicted octanol–water partition coefficient (Wildman–Crippen LogP) is 4.79. The van der Waals surface area contributed by atoms with Crippen LogP contribution in [-0.4, -0.2) is 6.04 Å². The molecule has 0 spiro atoms. The van der Waals surface area contributed by atoms with Gasteiger partial charge in [0.1, 0.15) is 0 Å². The standard InChI is InChI=1S/C17H24F3N/c1-2-12-5-3-7-14(9-12)16(21)11-13-6-4-8-15(10-13)17(18,19)20/h4,6,8,10,12,14,16H,2-3,5,7,9,11,21H2,1H3. The van der Waals surface area contributed by atoms with Gasteiger partial charge in [-0.2, -0.15) is 13.2 Å². The SMILES string of the molecule is CCC1CCCC(C(N)Cc2cccc(C(F)(F)F)c2)C1. The molecule has 4 heteroatoms. The summed E-state index contributed by atoms with van der Waals surface area (Å²) in [5.41, 5.74) is 6.38. The van der Waals surface area contributed by atoms with E-state index in [1.807, 2.05) is 0 Å². The molecule has 2 N–H and O–H groups in total. The van der Waals surface area contributed by atoms with E-state index in [9.17, 15) is 13.2 Å². The molecule has 1 nitrogen and oxygen atoms in total. The van der Waals surface area contributed by atoms with Crippen molar-refractivity contribution in [2.24, 2.45) is 17.6 Å². The molecular weight excluding hydrogens is 275 g/mol. The summed E-state index contributed by atoms with van der Waals surface area (Å²) < 4.78 is 38.2. The Morgan fingerprint density at radius 2 is 2.05 bits per heavy atom. The van der Waals surface area contributed by atoms with Crippen LogP contribution in [-0.2, 0) is 12.6 Å². The van der Waals surface area contributed by atoms with Gasteiger partial charge in [0.15, 0.2) is 0 Å². The summed E-state index contributed by atoms with van der Waals surface area (Å²) in [5, 5.41) is 0. The van der Waals surface area contributed by atoms with Crippen molar-refractivity contribution in [1.29, 1.82) is 0 Å². The van der Waals surface area contributed by atoms with Crippen molar-refractivity contribution in [2.45, 2.75) is 57.7 Å². The van der Waals surface area contributed by atoms with Crippen LogP contribution < -0.4 is 5.73 Å². The summed E-state index contributed by atoms with van der Waals surface area (Å²) in [6.45, 7) is 2.20. The van der Waals surface area contributed by atoms with Gasteiger partial charge in [-0.1, -0.05) is 44.4 Å². The highest BCUT2D eigenvalue weighted by atomic mass is 19.4. The number of rotatable bonds is 4. The number of halogens is 3. The van der Waals surface area contributed by atoms with E-state index in [-0.39, 0.29) is 6.04 Å². The largest absolute Gasteiger partial charge is 0.416 e. The third kappa shape index (κ3) is 4.47. The first-order valence-electron chi connectivity index (χ1n) is 7.82. The van der Waals surface area contributed by atoms with Gasteiger partial charge in [0.05, 0.1) is 5.56 Å². The number of hydrogen-bond acceptors (Lipinski definition) is 1. The van der Waals surface area contributed by atoms with Gasteiger partial charge in [0.25, 0.3) is 0 Å². The van der Waals surface area contributed by atoms with E-state index in [1.165, 1.54) is 31.4 Å².